The number of anilines is 1. The summed E-state index contributed by atoms with van der Waals surface area (Å²) in [6, 6.07) is 8.78. The van der Waals surface area contributed by atoms with E-state index >= 15 is 0 Å². The van der Waals surface area contributed by atoms with Crippen LogP contribution in [0.15, 0.2) is 36.5 Å². The predicted molar refractivity (Wildman–Crippen MR) is 72.5 cm³/mol. The lowest BCUT2D eigenvalue weighted by atomic mass is 10.2. The van der Waals surface area contributed by atoms with Gasteiger partial charge in [0.1, 0.15) is 5.25 Å². The van der Waals surface area contributed by atoms with Crippen LogP contribution in [0.1, 0.15) is 6.42 Å². The van der Waals surface area contributed by atoms with Gasteiger partial charge in [-0.2, -0.15) is 8.42 Å². The van der Waals surface area contributed by atoms with E-state index in [1.54, 1.807) is 30.5 Å². The normalized spacial score (nSPS) is 19.8. The molecular formula is C13H11FN2O3S. The maximum Gasteiger partial charge on any atom is 0.307 e. The highest BCUT2D eigenvalue weighted by molar-refractivity contribution is 7.87. The third-order valence-electron chi connectivity index (χ3n) is 3.39. The molecule has 1 saturated heterocycles. The van der Waals surface area contributed by atoms with Gasteiger partial charge in [-0.05, 0) is 24.3 Å². The van der Waals surface area contributed by atoms with E-state index in [2.05, 4.69) is 4.98 Å². The highest BCUT2D eigenvalue weighted by Gasteiger charge is 2.39. The van der Waals surface area contributed by atoms with Gasteiger partial charge in [-0.1, -0.05) is 6.07 Å². The van der Waals surface area contributed by atoms with Crippen LogP contribution >= 0.6 is 0 Å². The van der Waals surface area contributed by atoms with Crippen LogP contribution in [0.25, 0.3) is 10.9 Å². The third-order valence-corrected chi connectivity index (χ3v) is 4.50. The second-order valence-electron chi connectivity index (χ2n) is 4.69. The van der Waals surface area contributed by atoms with Crippen molar-refractivity contribution < 1.29 is 17.1 Å². The Morgan fingerprint density at radius 1 is 1.30 bits per heavy atom. The molecule has 104 valence electrons. The second kappa shape index (κ2) is 4.52. The first-order valence-corrected chi connectivity index (χ1v) is 7.48. The minimum Gasteiger partial charge on any atom is -0.311 e. The molecule has 0 N–H and O–H groups in total. The van der Waals surface area contributed by atoms with E-state index in [1.165, 1.54) is 4.90 Å². The van der Waals surface area contributed by atoms with E-state index in [1.807, 2.05) is 6.07 Å². The molecule has 1 aromatic carbocycles. The van der Waals surface area contributed by atoms with Crippen LogP contribution in [0.2, 0.25) is 0 Å². The number of rotatable bonds is 2. The van der Waals surface area contributed by atoms with E-state index in [0.717, 1.165) is 10.9 Å². The molecule has 5 nitrogen and oxygen atoms in total. The van der Waals surface area contributed by atoms with Gasteiger partial charge in [-0.3, -0.25) is 9.78 Å². The number of hydrogen-bond acceptors (Lipinski definition) is 4. The van der Waals surface area contributed by atoms with Gasteiger partial charge in [0.15, 0.2) is 0 Å². The topological polar surface area (TPSA) is 67.3 Å². The van der Waals surface area contributed by atoms with Gasteiger partial charge in [0.25, 0.3) is 0 Å². The molecule has 1 atom stereocenters. The Balaban J connectivity index is 1.97. The molecule has 1 aromatic heterocycles. The fourth-order valence-electron chi connectivity index (χ4n) is 2.34. The Hall–Kier alpha value is -2.02. The average molecular weight is 294 g/mol. The van der Waals surface area contributed by atoms with Gasteiger partial charge in [0.05, 0.1) is 5.52 Å². The number of halogens is 1. The highest BCUT2D eigenvalue weighted by atomic mass is 32.3. The highest BCUT2D eigenvalue weighted by Crippen LogP contribution is 2.27. The summed E-state index contributed by atoms with van der Waals surface area (Å²) in [5, 5.41) is -0.441. The molecule has 7 heteroatoms. The zero-order valence-corrected chi connectivity index (χ0v) is 11.2. The van der Waals surface area contributed by atoms with Gasteiger partial charge < -0.3 is 4.90 Å². The number of aromatic nitrogens is 1. The van der Waals surface area contributed by atoms with Crippen molar-refractivity contribution >= 4 is 32.7 Å². The Kier molecular flexibility index (Phi) is 2.93. The number of fused-ring (bicyclic) bond motifs is 1. The smallest absolute Gasteiger partial charge is 0.307 e. The Bertz CT molecular complexity index is 791. The van der Waals surface area contributed by atoms with Gasteiger partial charge in [0.2, 0.25) is 5.91 Å². The van der Waals surface area contributed by atoms with Crippen molar-refractivity contribution in [2.75, 3.05) is 11.4 Å². The number of amides is 1. The molecule has 20 heavy (non-hydrogen) atoms. The molecule has 0 bridgehead atoms. The fraction of sp³-hybridized carbons (Fsp3) is 0.231. The molecule has 0 saturated carbocycles. The van der Waals surface area contributed by atoms with Crippen molar-refractivity contribution in [1.82, 2.24) is 4.98 Å². The molecule has 1 amide bonds. The standard InChI is InChI=1S/C13H11FN2O3S/c14-20(18,19)11-7-13(17)16(8-11)10-3-4-12-9(6-10)2-1-5-15-12/h1-6,11H,7-8H2. The van der Waals surface area contributed by atoms with Crippen LogP contribution in [0.4, 0.5) is 9.57 Å². The summed E-state index contributed by atoms with van der Waals surface area (Å²) in [7, 11) is -4.69. The molecule has 1 fully saturated rings. The Morgan fingerprint density at radius 2 is 2.10 bits per heavy atom. The van der Waals surface area contributed by atoms with Crippen molar-refractivity contribution in [2.24, 2.45) is 0 Å². The first kappa shape index (κ1) is 13.0. The van der Waals surface area contributed by atoms with Crippen LogP contribution in [0, 0.1) is 0 Å². The summed E-state index contributed by atoms with van der Waals surface area (Å²) in [6.45, 7) is -0.149. The van der Waals surface area contributed by atoms with E-state index in [9.17, 15) is 17.1 Å². The summed E-state index contributed by atoms with van der Waals surface area (Å²) in [4.78, 5) is 17.3. The van der Waals surface area contributed by atoms with Crippen LogP contribution in [-0.2, 0) is 15.0 Å². The number of benzene rings is 1. The number of hydrogen-bond donors (Lipinski definition) is 0. The quantitative estimate of drug-likeness (QED) is 0.790. The van der Waals surface area contributed by atoms with Crippen molar-refractivity contribution in [1.29, 1.82) is 0 Å². The Morgan fingerprint density at radius 3 is 2.80 bits per heavy atom. The summed E-state index contributed by atoms with van der Waals surface area (Å²) >= 11 is 0. The molecular weight excluding hydrogens is 283 g/mol. The lowest BCUT2D eigenvalue weighted by Gasteiger charge is -2.16. The summed E-state index contributed by atoms with van der Waals surface area (Å²) in [5.41, 5.74) is 1.33. The van der Waals surface area contributed by atoms with E-state index in [0.29, 0.717) is 5.69 Å². The minimum atomic E-state index is -4.69. The van der Waals surface area contributed by atoms with E-state index in [4.69, 9.17) is 0 Å². The molecule has 0 aliphatic carbocycles. The average Bonchev–Trinajstić information content (AvgIpc) is 2.80. The van der Waals surface area contributed by atoms with Crippen LogP contribution in [0.5, 0.6) is 0 Å². The molecule has 1 unspecified atom stereocenters. The fourth-order valence-corrected chi connectivity index (χ4v) is 3.01. The molecule has 1 aliphatic heterocycles. The lowest BCUT2D eigenvalue weighted by Crippen LogP contribution is -2.26. The number of nitrogens with zero attached hydrogens (tertiary/aromatic N) is 2. The van der Waals surface area contributed by atoms with Crippen molar-refractivity contribution in [3.05, 3.63) is 36.5 Å². The second-order valence-corrected chi connectivity index (χ2v) is 6.30. The number of carbonyl (C=O) groups excluding carboxylic acids is 1. The molecule has 1 aliphatic rings. The molecule has 0 spiro atoms. The molecule has 2 heterocycles. The minimum absolute atomic E-state index is 0.149. The monoisotopic (exact) mass is 294 g/mol. The maximum atomic E-state index is 13.0. The van der Waals surface area contributed by atoms with Crippen LogP contribution in [-0.4, -0.2) is 31.1 Å². The van der Waals surface area contributed by atoms with Gasteiger partial charge in [-0.15, -0.1) is 3.89 Å². The molecule has 3 rings (SSSR count). The Labute approximate surface area is 115 Å². The molecule has 2 aromatic rings. The van der Waals surface area contributed by atoms with Gasteiger partial charge in [0, 0.05) is 30.2 Å². The summed E-state index contributed by atoms with van der Waals surface area (Å²) in [6.07, 6.45) is 1.35. The first-order valence-electron chi connectivity index (χ1n) is 6.04. The first-order chi connectivity index (χ1) is 9.45. The largest absolute Gasteiger partial charge is 0.311 e. The van der Waals surface area contributed by atoms with Crippen molar-refractivity contribution in [2.45, 2.75) is 11.7 Å². The predicted octanol–water partition coefficient (Wildman–Crippen LogP) is 1.64. The van der Waals surface area contributed by atoms with Gasteiger partial charge in [-0.25, -0.2) is 0 Å². The van der Waals surface area contributed by atoms with E-state index in [-0.39, 0.29) is 18.9 Å². The number of carbonyl (C=O) groups is 1. The number of pyridine rings is 1. The van der Waals surface area contributed by atoms with Crippen LogP contribution < -0.4 is 4.90 Å². The van der Waals surface area contributed by atoms with Crippen LogP contribution in [0.3, 0.4) is 0 Å². The third kappa shape index (κ3) is 2.24. The maximum absolute atomic E-state index is 13.0. The molecule has 0 radical (unpaired) electrons. The lowest BCUT2D eigenvalue weighted by molar-refractivity contribution is -0.117. The van der Waals surface area contributed by atoms with Crippen molar-refractivity contribution in [3.8, 4) is 0 Å². The van der Waals surface area contributed by atoms with Gasteiger partial charge >= 0.3 is 10.2 Å². The van der Waals surface area contributed by atoms with E-state index < -0.39 is 15.5 Å². The zero-order valence-electron chi connectivity index (χ0n) is 10.4. The summed E-state index contributed by atoms with van der Waals surface area (Å²) < 4.78 is 34.8. The summed E-state index contributed by atoms with van der Waals surface area (Å²) in [5.74, 6) is -0.389. The van der Waals surface area contributed by atoms with Crippen molar-refractivity contribution in [3.63, 3.8) is 0 Å². The zero-order chi connectivity index (χ0) is 14.3. The SMILES string of the molecule is O=C1CC(S(=O)(=O)F)CN1c1ccc2ncccc2c1.